The molecule has 182 valence electrons. The third-order valence-corrected chi connectivity index (χ3v) is 6.18. The number of hydrogen-bond donors (Lipinski definition) is 3. The molecule has 2 heterocycles. The first kappa shape index (κ1) is 25.3. The van der Waals surface area contributed by atoms with Crippen LogP contribution in [0.4, 0.5) is 10.2 Å². The number of fused-ring (bicyclic) bond motifs is 1. The summed E-state index contributed by atoms with van der Waals surface area (Å²) in [6, 6.07) is 5.86. The minimum absolute atomic E-state index is 0.134. The van der Waals surface area contributed by atoms with Crippen molar-refractivity contribution in [2.75, 3.05) is 11.9 Å². The average molecular weight is 470 g/mol. The maximum Gasteiger partial charge on any atom is 0.251 e. The first-order chi connectivity index (χ1) is 16.1. The minimum Gasteiger partial charge on any atom is -0.350 e. The van der Waals surface area contributed by atoms with Crippen LogP contribution >= 0.6 is 0 Å². The van der Waals surface area contributed by atoms with Crippen LogP contribution in [0.3, 0.4) is 0 Å². The monoisotopic (exact) mass is 469 g/mol. The zero-order valence-corrected chi connectivity index (χ0v) is 20.2. The predicted molar refractivity (Wildman–Crippen MR) is 127 cm³/mol. The smallest absolute Gasteiger partial charge is 0.251 e. The molecule has 1 aromatic carbocycles. The number of carbonyl (C=O) groups excluding carboxylic acids is 3. The van der Waals surface area contributed by atoms with E-state index in [1.165, 1.54) is 17.0 Å². The fourth-order valence-corrected chi connectivity index (χ4v) is 3.93. The van der Waals surface area contributed by atoms with Crippen LogP contribution in [0.15, 0.2) is 36.5 Å². The fraction of sp³-hybridized carbons (Fsp3) is 0.440. The van der Waals surface area contributed by atoms with Gasteiger partial charge in [0.2, 0.25) is 11.8 Å². The van der Waals surface area contributed by atoms with Crippen molar-refractivity contribution >= 4 is 23.5 Å². The van der Waals surface area contributed by atoms with Gasteiger partial charge in [0.15, 0.2) is 0 Å². The number of rotatable bonds is 8. The van der Waals surface area contributed by atoms with Crippen LogP contribution in [-0.2, 0) is 27.3 Å². The van der Waals surface area contributed by atoms with Gasteiger partial charge in [-0.05, 0) is 61.7 Å². The maximum atomic E-state index is 13.7. The van der Waals surface area contributed by atoms with E-state index in [2.05, 4.69) is 20.9 Å². The molecule has 3 N–H and O–H groups in total. The third kappa shape index (κ3) is 5.41. The Hall–Kier alpha value is -3.33. The molecule has 2 aromatic rings. The summed E-state index contributed by atoms with van der Waals surface area (Å²) in [6.07, 6.45) is 1.87. The maximum absolute atomic E-state index is 13.7. The second kappa shape index (κ2) is 10.7. The summed E-state index contributed by atoms with van der Waals surface area (Å²) >= 11 is 0. The first-order valence-corrected chi connectivity index (χ1v) is 11.4. The number of carbonyl (C=O) groups is 3. The van der Waals surface area contributed by atoms with Gasteiger partial charge in [0, 0.05) is 19.2 Å². The Balaban J connectivity index is 1.85. The van der Waals surface area contributed by atoms with Gasteiger partial charge in [-0.25, -0.2) is 9.37 Å². The van der Waals surface area contributed by atoms with Crippen LogP contribution in [0.2, 0.25) is 0 Å². The van der Waals surface area contributed by atoms with Crippen molar-refractivity contribution in [3.63, 3.8) is 0 Å². The largest absolute Gasteiger partial charge is 0.350 e. The van der Waals surface area contributed by atoms with Gasteiger partial charge in [-0.3, -0.25) is 19.3 Å². The zero-order valence-electron chi connectivity index (χ0n) is 20.2. The highest BCUT2D eigenvalue weighted by Crippen LogP contribution is 2.31. The number of likely N-dealkylation sites (N-methyl/N-ethyl adjacent to an activating group) is 1. The summed E-state index contributed by atoms with van der Waals surface area (Å²) in [7, 11) is 1.66. The molecule has 0 aliphatic carbocycles. The van der Waals surface area contributed by atoms with E-state index in [1.54, 1.807) is 32.3 Å². The summed E-state index contributed by atoms with van der Waals surface area (Å²) < 4.78 is 13.7. The Labute approximate surface area is 199 Å². The molecule has 3 atom stereocenters. The summed E-state index contributed by atoms with van der Waals surface area (Å²) in [5.41, 5.74) is 2.29. The highest BCUT2D eigenvalue weighted by Gasteiger charge is 2.43. The van der Waals surface area contributed by atoms with Crippen LogP contribution in [0.25, 0.3) is 0 Å². The van der Waals surface area contributed by atoms with Crippen LogP contribution in [-0.4, -0.2) is 47.9 Å². The molecule has 1 aliphatic rings. The summed E-state index contributed by atoms with van der Waals surface area (Å²) in [5, 5.41) is 8.51. The zero-order chi connectivity index (χ0) is 25.0. The van der Waals surface area contributed by atoms with Gasteiger partial charge in [-0.15, -0.1) is 0 Å². The topological polar surface area (TPSA) is 103 Å². The van der Waals surface area contributed by atoms with Crippen molar-refractivity contribution in [2.45, 2.75) is 58.8 Å². The molecule has 0 bridgehead atoms. The number of hydrogen-bond acceptors (Lipinski definition) is 5. The van der Waals surface area contributed by atoms with Gasteiger partial charge in [0.1, 0.15) is 23.7 Å². The number of amides is 3. The van der Waals surface area contributed by atoms with Gasteiger partial charge in [-0.2, -0.15) is 0 Å². The molecule has 0 spiro atoms. The van der Waals surface area contributed by atoms with E-state index in [-0.39, 0.29) is 30.1 Å². The quantitative estimate of drug-likeness (QED) is 0.548. The Morgan fingerprint density at radius 2 is 1.94 bits per heavy atom. The Kier molecular flexibility index (Phi) is 7.98. The van der Waals surface area contributed by atoms with E-state index < -0.39 is 24.0 Å². The number of aromatic nitrogens is 1. The van der Waals surface area contributed by atoms with E-state index in [0.29, 0.717) is 17.8 Å². The van der Waals surface area contributed by atoms with Gasteiger partial charge in [0.25, 0.3) is 5.91 Å². The second-order valence-electron chi connectivity index (χ2n) is 8.94. The highest BCUT2D eigenvalue weighted by atomic mass is 19.1. The van der Waals surface area contributed by atoms with Crippen molar-refractivity contribution in [2.24, 2.45) is 5.92 Å². The molecule has 9 heteroatoms. The molecule has 0 unspecified atom stereocenters. The summed E-state index contributed by atoms with van der Waals surface area (Å²) in [6.45, 7) is 7.35. The lowest BCUT2D eigenvalue weighted by Gasteiger charge is -2.31. The van der Waals surface area contributed by atoms with E-state index in [0.717, 1.165) is 11.1 Å². The van der Waals surface area contributed by atoms with Crippen LogP contribution in [0, 0.1) is 18.7 Å². The molecule has 1 aromatic heterocycles. The van der Waals surface area contributed by atoms with Crippen LogP contribution in [0.1, 0.15) is 37.5 Å². The molecule has 8 nitrogen and oxygen atoms in total. The molecule has 1 aliphatic heterocycles. The van der Waals surface area contributed by atoms with Crippen LogP contribution in [0.5, 0.6) is 0 Å². The number of benzene rings is 1. The first-order valence-electron chi connectivity index (χ1n) is 11.4. The highest BCUT2D eigenvalue weighted by molar-refractivity contribution is 6.06. The second-order valence-corrected chi connectivity index (χ2v) is 8.94. The van der Waals surface area contributed by atoms with Gasteiger partial charge < -0.3 is 16.0 Å². The molecule has 0 saturated carbocycles. The SMILES string of the molecule is CN[C@@H](C)C(=O)N[C@H](C(=O)N1c2ncccc2C[C@H]1C(=O)NCc1cc(F)ccc1C)C(C)C. The van der Waals surface area contributed by atoms with E-state index in [1.807, 2.05) is 26.8 Å². The number of nitrogens with zero attached hydrogens (tertiary/aromatic N) is 2. The molecule has 0 fully saturated rings. The van der Waals surface area contributed by atoms with Crippen molar-refractivity contribution in [1.29, 1.82) is 0 Å². The lowest BCUT2D eigenvalue weighted by atomic mass is 10.0. The molecule has 3 rings (SSSR count). The lowest BCUT2D eigenvalue weighted by molar-refractivity contribution is -0.131. The lowest BCUT2D eigenvalue weighted by Crippen LogP contribution is -2.58. The molecule has 34 heavy (non-hydrogen) atoms. The predicted octanol–water partition coefficient (Wildman–Crippen LogP) is 1.85. The van der Waals surface area contributed by atoms with E-state index >= 15 is 0 Å². The molecular weight excluding hydrogens is 437 g/mol. The van der Waals surface area contributed by atoms with Crippen molar-refractivity contribution < 1.29 is 18.8 Å². The van der Waals surface area contributed by atoms with Crippen molar-refractivity contribution in [3.8, 4) is 0 Å². The Morgan fingerprint density at radius 3 is 2.62 bits per heavy atom. The number of aryl methyl sites for hydroxylation is 1. The molecule has 0 saturated heterocycles. The Bertz CT molecular complexity index is 1070. The standard InChI is InChI=1S/C25H32FN5O3/c1-14(2)21(30-23(32)16(4)27-5)25(34)31-20(12-17-7-6-10-28-22(17)31)24(33)29-13-18-11-19(26)9-8-15(18)3/h6-11,14,16,20-21,27H,12-13H2,1-5H3,(H,29,33)(H,30,32)/t16-,20-,21-/m0/s1. The molecule has 0 radical (unpaired) electrons. The molecule has 3 amide bonds. The number of halogens is 1. The number of anilines is 1. The normalized spacial score (nSPS) is 16.7. The fourth-order valence-electron chi connectivity index (χ4n) is 3.93. The summed E-state index contributed by atoms with van der Waals surface area (Å²) in [4.78, 5) is 45.2. The van der Waals surface area contributed by atoms with Gasteiger partial charge in [-0.1, -0.05) is 26.0 Å². The van der Waals surface area contributed by atoms with Crippen LogP contribution < -0.4 is 20.9 Å². The minimum atomic E-state index is -0.836. The number of pyridine rings is 1. The van der Waals surface area contributed by atoms with Crippen molar-refractivity contribution in [1.82, 2.24) is 20.9 Å². The van der Waals surface area contributed by atoms with Gasteiger partial charge in [0.05, 0.1) is 6.04 Å². The van der Waals surface area contributed by atoms with E-state index in [9.17, 15) is 18.8 Å². The third-order valence-electron chi connectivity index (χ3n) is 6.18. The average Bonchev–Trinajstić information content (AvgIpc) is 3.21. The van der Waals surface area contributed by atoms with E-state index in [4.69, 9.17) is 0 Å². The van der Waals surface area contributed by atoms with Gasteiger partial charge >= 0.3 is 0 Å². The van der Waals surface area contributed by atoms with Crippen molar-refractivity contribution in [3.05, 3.63) is 59.0 Å². The molecular formula is C25H32FN5O3. The Morgan fingerprint density at radius 1 is 1.21 bits per heavy atom. The number of nitrogens with one attached hydrogen (secondary N) is 3. The summed E-state index contributed by atoms with van der Waals surface area (Å²) in [5.74, 6) is -1.25.